The fourth-order valence-electron chi connectivity index (χ4n) is 3.22. The average molecular weight is 372 g/mol. The minimum Gasteiger partial charge on any atom is -0.497 e. The summed E-state index contributed by atoms with van der Waals surface area (Å²) in [5.41, 5.74) is 2.26. The van der Waals surface area contributed by atoms with E-state index in [1.54, 1.807) is 7.11 Å². The summed E-state index contributed by atoms with van der Waals surface area (Å²) in [6.07, 6.45) is 1.12. The SMILES string of the molecule is COc1ccc2[nH]c(C(=O)NCCCNC(=O)C3CCNC3=O)c(C)c2c1. The van der Waals surface area contributed by atoms with Crippen LogP contribution in [0.25, 0.3) is 10.9 Å². The van der Waals surface area contributed by atoms with Crippen molar-refractivity contribution in [3.63, 3.8) is 0 Å². The van der Waals surface area contributed by atoms with E-state index >= 15 is 0 Å². The number of nitrogens with one attached hydrogen (secondary N) is 4. The third-order valence-electron chi connectivity index (χ3n) is 4.80. The predicted molar refractivity (Wildman–Crippen MR) is 101 cm³/mol. The monoisotopic (exact) mass is 372 g/mol. The number of hydrogen-bond acceptors (Lipinski definition) is 4. The third kappa shape index (κ3) is 4.05. The Balaban J connectivity index is 1.48. The zero-order chi connectivity index (χ0) is 19.4. The molecule has 8 heteroatoms. The fraction of sp³-hybridized carbons (Fsp3) is 0.421. The van der Waals surface area contributed by atoms with Crippen LogP contribution in [-0.2, 0) is 9.59 Å². The Labute approximate surface area is 157 Å². The molecular weight excluding hydrogens is 348 g/mol. The van der Waals surface area contributed by atoms with Gasteiger partial charge in [-0.05, 0) is 43.5 Å². The number of fused-ring (bicyclic) bond motifs is 1. The summed E-state index contributed by atoms with van der Waals surface area (Å²) in [6, 6.07) is 5.62. The Morgan fingerprint density at radius 1 is 1.26 bits per heavy atom. The number of aromatic amines is 1. The minimum atomic E-state index is -0.592. The lowest BCUT2D eigenvalue weighted by molar-refractivity contribution is -0.132. The van der Waals surface area contributed by atoms with E-state index in [1.165, 1.54) is 0 Å². The van der Waals surface area contributed by atoms with E-state index in [0.717, 1.165) is 22.2 Å². The number of H-pyrrole nitrogens is 1. The molecule has 144 valence electrons. The first-order valence-electron chi connectivity index (χ1n) is 9.01. The number of aromatic nitrogens is 1. The van der Waals surface area contributed by atoms with Crippen LogP contribution < -0.4 is 20.7 Å². The number of rotatable bonds is 7. The van der Waals surface area contributed by atoms with Gasteiger partial charge in [-0.25, -0.2) is 0 Å². The van der Waals surface area contributed by atoms with Gasteiger partial charge in [0.25, 0.3) is 5.91 Å². The van der Waals surface area contributed by atoms with Crippen molar-refractivity contribution in [1.82, 2.24) is 20.9 Å². The van der Waals surface area contributed by atoms with Crippen LogP contribution in [0.15, 0.2) is 18.2 Å². The van der Waals surface area contributed by atoms with Gasteiger partial charge in [-0.2, -0.15) is 0 Å². The Bertz CT molecular complexity index is 874. The molecule has 8 nitrogen and oxygen atoms in total. The number of ether oxygens (including phenoxy) is 1. The summed E-state index contributed by atoms with van der Waals surface area (Å²) in [5, 5.41) is 9.18. The highest BCUT2D eigenvalue weighted by Crippen LogP contribution is 2.25. The van der Waals surface area contributed by atoms with Crippen LogP contribution >= 0.6 is 0 Å². The third-order valence-corrected chi connectivity index (χ3v) is 4.80. The van der Waals surface area contributed by atoms with E-state index in [1.807, 2.05) is 25.1 Å². The highest BCUT2D eigenvalue weighted by Gasteiger charge is 2.30. The molecule has 0 radical (unpaired) electrons. The molecule has 3 rings (SSSR count). The Morgan fingerprint density at radius 2 is 2.04 bits per heavy atom. The molecule has 1 aliphatic heterocycles. The summed E-state index contributed by atoms with van der Waals surface area (Å²) in [7, 11) is 1.61. The zero-order valence-electron chi connectivity index (χ0n) is 15.5. The topological polar surface area (TPSA) is 112 Å². The molecule has 4 N–H and O–H groups in total. The van der Waals surface area contributed by atoms with E-state index < -0.39 is 5.92 Å². The van der Waals surface area contributed by atoms with Crippen molar-refractivity contribution >= 4 is 28.6 Å². The second-order valence-electron chi connectivity index (χ2n) is 6.57. The van der Waals surface area contributed by atoms with Gasteiger partial charge >= 0.3 is 0 Å². The summed E-state index contributed by atoms with van der Waals surface area (Å²) in [6.45, 7) is 3.27. The number of benzene rings is 1. The first-order chi connectivity index (χ1) is 13.0. The molecule has 1 atom stereocenters. The molecule has 0 saturated carbocycles. The van der Waals surface area contributed by atoms with Crippen molar-refractivity contribution in [2.45, 2.75) is 19.8 Å². The fourth-order valence-corrected chi connectivity index (χ4v) is 3.22. The summed E-state index contributed by atoms with van der Waals surface area (Å²) < 4.78 is 5.23. The maximum absolute atomic E-state index is 12.4. The van der Waals surface area contributed by atoms with Gasteiger partial charge in [0.2, 0.25) is 11.8 Å². The number of carbonyl (C=O) groups is 3. The molecule has 1 aliphatic rings. The van der Waals surface area contributed by atoms with Gasteiger partial charge in [0.15, 0.2) is 0 Å². The highest BCUT2D eigenvalue weighted by molar-refractivity contribution is 6.02. The maximum atomic E-state index is 12.4. The van der Waals surface area contributed by atoms with E-state index in [4.69, 9.17) is 4.74 Å². The molecule has 1 aromatic heterocycles. The predicted octanol–water partition coefficient (Wildman–Crippen LogP) is 0.857. The van der Waals surface area contributed by atoms with Crippen molar-refractivity contribution in [1.29, 1.82) is 0 Å². The molecule has 27 heavy (non-hydrogen) atoms. The standard InChI is InChI=1S/C19H24N4O4/c1-11-14-10-12(27-2)4-5-15(14)23-16(11)19(26)21-8-3-7-20-17(24)13-6-9-22-18(13)25/h4-5,10,13,23H,3,6-9H2,1-2H3,(H,20,24)(H,21,26)(H,22,25). The largest absolute Gasteiger partial charge is 0.497 e. The van der Waals surface area contributed by atoms with Gasteiger partial charge in [0.05, 0.1) is 7.11 Å². The lowest BCUT2D eigenvalue weighted by Crippen LogP contribution is -2.36. The number of aryl methyl sites for hydroxylation is 1. The number of methoxy groups -OCH3 is 1. The Kier molecular flexibility index (Phi) is 5.63. The van der Waals surface area contributed by atoms with Gasteiger partial charge in [-0.1, -0.05) is 0 Å². The van der Waals surface area contributed by atoms with Gasteiger partial charge in [0.1, 0.15) is 17.4 Å². The minimum absolute atomic E-state index is 0.191. The van der Waals surface area contributed by atoms with Gasteiger partial charge in [-0.15, -0.1) is 0 Å². The van der Waals surface area contributed by atoms with E-state index in [-0.39, 0.29) is 17.7 Å². The van der Waals surface area contributed by atoms with Crippen LogP contribution in [-0.4, -0.2) is 49.4 Å². The molecule has 1 aromatic carbocycles. The van der Waals surface area contributed by atoms with Crippen LogP contribution in [0.1, 0.15) is 28.9 Å². The maximum Gasteiger partial charge on any atom is 0.268 e. The molecular formula is C19H24N4O4. The lowest BCUT2D eigenvalue weighted by Gasteiger charge is -2.09. The molecule has 0 bridgehead atoms. The van der Waals surface area contributed by atoms with Crippen LogP contribution in [0.4, 0.5) is 0 Å². The van der Waals surface area contributed by atoms with E-state index in [9.17, 15) is 14.4 Å². The molecule has 2 aromatic rings. The lowest BCUT2D eigenvalue weighted by atomic mass is 10.1. The van der Waals surface area contributed by atoms with Crippen molar-refractivity contribution in [3.05, 3.63) is 29.5 Å². The van der Waals surface area contributed by atoms with Crippen molar-refractivity contribution in [3.8, 4) is 5.75 Å². The van der Waals surface area contributed by atoms with E-state index in [0.29, 0.717) is 38.2 Å². The van der Waals surface area contributed by atoms with Gasteiger partial charge in [-0.3, -0.25) is 14.4 Å². The first kappa shape index (κ1) is 18.8. The highest BCUT2D eigenvalue weighted by atomic mass is 16.5. The van der Waals surface area contributed by atoms with Crippen molar-refractivity contribution in [2.24, 2.45) is 5.92 Å². The normalized spacial score (nSPS) is 16.2. The van der Waals surface area contributed by atoms with Crippen LogP contribution in [0.2, 0.25) is 0 Å². The molecule has 0 aliphatic carbocycles. The number of amides is 3. The van der Waals surface area contributed by atoms with Crippen LogP contribution in [0.5, 0.6) is 5.75 Å². The number of carbonyl (C=O) groups excluding carboxylic acids is 3. The Hall–Kier alpha value is -3.03. The molecule has 1 unspecified atom stereocenters. The molecule has 2 heterocycles. The van der Waals surface area contributed by atoms with Crippen molar-refractivity contribution in [2.75, 3.05) is 26.7 Å². The van der Waals surface area contributed by atoms with E-state index in [2.05, 4.69) is 20.9 Å². The quantitative estimate of drug-likeness (QED) is 0.426. The Morgan fingerprint density at radius 3 is 2.74 bits per heavy atom. The van der Waals surface area contributed by atoms with Crippen molar-refractivity contribution < 1.29 is 19.1 Å². The number of hydrogen-bond donors (Lipinski definition) is 4. The second kappa shape index (κ2) is 8.11. The summed E-state index contributed by atoms with van der Waals surface area (Å²) >= 11 is 0. The van der Waals surface area contributed by atoms with Gasteiger partial charge < -0.3 is 25.7 Å². The smallest absolute Gasteiger partial charge is 0.268 e. The average Bonchev–Trinajstić information content (AvgIpc) is 3.24. The van der Waals surface area contributed by atoms with Crippen LogP contribution in [0.3, 0.4) is 0 Å². The first-order valence-corrected chi connectivity index (χ1v) is 9.01. The summed E-state index contributed by atoms with van der Waals surface area (Å²) in [4.78, 5) is 38.9. The molecule has 0 spiro atoms. The molecule has 1 fully saturated rings. The second-order valence-corrected chi connectivity index (χ2v) is 6.57. The molecule has 3 amide bonds. The van der Waals surface area contributed by atoms with Crippen LogP contribution in [0, 0.1) is 12.8 Å². The summed E-state index contributed by atoms with van der Waals surface area (Å²) in [5.74, 6) is -0.513. The zero-order valence-corrected chi connectivity index (χ0v) is 15.5. The molecule has 1 saturated heterocycles. The van der Waals surface area contributed by atoms with Gasteiger partial charge in [0, 0.05) is 30.5 Å².